The predicted octanol–water partition coefficient (Wildman–Crippen LogP) is 2.21. The van der Waals surface area contributed by atoms with Gasteiger partial charge in [0.25, 0.3) is 0 Å². The Labute approximate surface area is 146 Å². The van der Waals surface area contributed by atoms with Gasteiger partial charge in [-0.15, -0.1) is 0 Å². The van der Waals surface area contributed by atoms with Gasteiger partial charge in [-0.25, -0.2) is 14.4 Å². The minimum atomic E-state index is -0.416. The number of fused-ring (bicyclic) bond motifs is 1. The number of hydrogen-bond donors (Lipinski definition) is 0. The van der Waals surface area contributed by atoms with E-state index in [1.54, 1.807) is 6.20 Å². The van der Waals surface area contributed by atoms with Gasteiger partial charge in [-0.05, 0) is 30.9 Å². The molecule has 3 heterocycles. The molecule has 2 aromatic rings. The fourth-order valence-corrected chi connectivity index (χ4v) is 3.70. The van der Waals surface area contributed by atoms with Crippen LogP contribution in [0.2, 0.25) is 0 Å². The van der Waals surface area contributed by atoms with E-state index in [-0.39, 0.29) is 12.1 Å². The van der Waals surface area contributed by atoms with Crippen LogP contribution in [0.5, 0.6) is 0 Å². The fourth-order valence-electron chi connectivity index (χ4n) is 3.70. The van der Waals surface area contributed by atoms with E-state index in [2.05, 4.69) is 19.9 Å². The van der Waals surface area contributed by atoms with Crippen molar-refractivity contribution in [3.05, 3.63) is 48.3 Å². The number of hydrogen-bond acceptors (Lipinski definition) is 6. The van der Waals surface area contributed by atoms with E-state index >= 15 is 0 Å². The summed E-state index contributed by atoms with van der Waals surface area (Å²) in [7, 11) is 0. The summed E-state index contributed by atoms with van der Waals surface area (Å²) in [4.78, 5) is 14.7. The lowest BCUT2D eigenvalue weighted by molar-refractivity contribution is 0.0199. The van der Waals surface area contributed by atoms with Gasteiger partial charge >= 0.3 is 0 Å². The molecule has 1 saturated carbocycles. The first kappa shape index (κ1) is 16.4. The van der Waals surface area contributed by atoms with Crippen LogP contribution >= 0.6 is 0 Å². The van der Waals surface area contributed by atoms with Gasteiger partial charge in [-0.3, -0.25) is 4.98 Å². The highest BCUT2D eigenvalue weighted by atomic mass is 19.1. The van der Waals surface area contributed by atoms with Crippen molar-refractivity contribution in [1.82, 2.24) is 15.0 Å². The second kappa shape index (κ2) is 7.41. The predicted molar refractivity (Wildman–Crippen MR) is 89.5 cm³/mol. The van der Waals surface area contributed by atoms with E-state index < -0.39 is 5.82 Å². The average molecular weight is 344 g/mol. The highest BCUT2D eigenvalue weighted by molar-refractivity contribution is 5.33. The fraction of sp³-hybridized carbons (Fsp3) is 0.500. The molecule has 2 aliphatic rings. The molecule has 6 nitrogen and oxygen atoms in total. The zero-order valence-corrected chi connectivity index (χ0v) is 13.9. The van der Waals surface area contributed by atoms with Crippen molar-refractivity contribution >= 4 is 5.95 Å². The summed E-state index contributed by atoms with van der Waals surface area (Å²) in [6, 6.07) is 6.05. The normalized spacial score (nSPS) is 25.8. The van der Waals surface area contributed by atoms with Crippen LogP contribution in [-0.4, -0.2) is 46.9 Å². The standard InChI is InChI=1S/C18H21FN4O2/c19-14-9-21-18(22-10-14)23-5-6-25-17-8-13(7-16(17)23)11-24-12-15-3-1-2-4-20-15/h1-4,9-10,13,16-17H,5-8,11-12H2/t13-,16+,17+/m1/s1. The summed E-state index contributed by atoms with van der Waals surface area (Å²) in [5.74, 6) is 0.593. The van der Waals surface area contributed by atoms with Gasteiger partial charge in [0.05, 0.1) is 50.1 Å². The Bertz CT molecular complexity index is 685. The van der Waals surface area contributed by atoms with Crippen molar-refractivity contribution in [3.8, 4) is 0 Å². The van der Waals surface area contributed by atoms with E-state index in [0.717, 1.165) is 25.1 Å². The summed E-state index contributed by atoms with van der Waals surface area (Å²) >= 11 is 0. The molecule has 0 amide bonds. The average Bonchev–Trinajstić information content (AvgIpc) is 3.06. The van der Waals surface area contributed by atoms with Gasteiger partial charge in [0.2, 0.25) is 5.95 Å². The summed E-state index contributed by atoms with van der Waals surface area (Å²) in [6.45, 7) is 2.58. The van der Waals surface area contributed by atoms with Crippen molar-refractivity contribution in [2.24, 2.45) is 5.92 Å². The number of morpholine rings is 1. The molecule has 0 radical (unpaired) electrons. The molecule has 1 aliphatic carbocycles. The van der Waals surface area contributed by atoms with Crippen LogP contribution in [0.4, 0.5) is 10.3 Å². The Kier molecular flexibility index (Phi) is 4.85. The van der Waals surface area contributed by atoms with E-state index in [9.17, 15) is 4.39 Å². The Balaban J connectivity index is 1.35. The minimum Gasteiger partial charge on any atom is -0.375 e. The molecule has 0 spiro atoms. The molecule has 0 unspecified atom stereocenters. The molecular weight excluding hydrogens is 323 g/mol. The van der Waals surface area contributed by atoms with E-state index in [1.807, 2.05) is 18.2 Å². The van der Waals surface area contributed by atoms with Gasteiger partial charge in [0.15, 0.2) is 5.82 Å². The van der Waals surface area contributed by atoms with Crippen molar-refractivity contribution < 1.29 is 13.9 Å². The van der Waals surface area contributed by atoms with Crippen molar-refractivity contribution in [2.45, 2.75) is 31.6 Å². The zero-order chi connectivity index (χ0) is 17.1. The van der Waals surface area contributed by atoms with Crippen molar-refractivity contribution in [3.63, 3.8) is 0 Å². The molecule has 3 atom stereocenters. The first-order valence-corrected chi connectivity index (χ1v) is 8.63. The molecule has 0 N–H and O–H groups in total. The van der Waals surface area contributed by atoms with Crippen LogP contribution < -0.4 is 4.90 Å². The summed E-state index contributed by atoms with van der Waals surface area (Å²) < 4.78 is 24.9. The van der Waals surface area contributed by atoms with E-state index in [1.165, 1.54) is 12.4 Å². The molecule has 7 heteroatoms. The van der Waals surface area contributed by atoms with Crippen LogP contribution in [0.15, 0.2) is 36.8 Å². The quantitative estimate of drug-likeness (QED) is 0.829. The van der Waals surface area contributed by atoms with Crippen molar-refractivity contribution in [2.75, 3.05) is 24.7 Å². The SMILES string of the molecule is Fc1cnc(N2CCO[C@H]3C[C@H](COCc4ccccn4)C[C@@H]32)nc1. The van der Waals surface area contributed by atoms with E-state index in [0.29, 0.717) is 31.7 Å². The van der Waals surface area contributed by atoms with Gasteiger partial charge in [-0.2, -0.15) is 0 Å². The monoisotopic (exact) mass is 344 g/mol. The number of anilines is 1. The first-order chi connectivity index (χ1) is 12.3. The second-order valence-electron chi connectivity index (χ2n) is 6.54. The van der Waals surface area contributed by atoms with Crippen molar-refractivity contribution in [1.29, 1.82) is 0 Å². The number of aromatic nitrogens is 3. The van der Waals surface area contributed by atoms with Crippen LogP contribution in [0.25, 0.3) is 0 Å². The molecule has 2 aromatic heterocycles. The molecule has 0 aromatic carbocycles. The van der Waals surface area contributed by atoms with Gasteiger partial charge in [0.1, 0.15) is 0 Å². The highest BCUT2D eigenvalue weighted by Crippen LogP contribution is 2.35. The number of ether oxygens (including phenoxy) is 2. The van der Waals surface area contributed by atoms with Gasteiger partial charge in [-0.1, -0.05) is 6.07 Å². The maximum atomic E-state index is 13.1. The highest BCUT2D eigenvalue weighted by Gasteiger charge is 2.42. The van der Waals surface area contributed by atoms with Gasteiger partial charge in [0, 0.05) is 12.7 Å². The minimum absolute atomic E-state index is 0.158. The zero-order valence-electron chi connectivity index (χ0n) is 13.9. The van der Waals surface area contributed by atoms with Crippen LogP contribution in [0, 0.1) is 11.7 Å². The molecule has 0 bridgehead atoms. The smallest absolute Gasteiger partial charge is 0.225 e. The third kappa shape index (κ3) is 3.77. The molecule has 1 saturated heterocycles. The molecule has 1 aliphatic heterocycles. The lowest BCUT2D eigenvalue weighted by Gasteiger charge is -2.37. The lowest BCUT2D eigenvalue weighted by atomic mass is 10.1. The van der Waals surface area contributed by atoms with E-state index in [4.69, 9.17) is 9.47 Å². The number of pyridine rings is 1. The second-order valence-corrected chi connectivity index (χ2v) is 6.54. The summed E-state index contributed by atoms with van der Waals surface area (Å²) in [5.41, 5.74) is 0.940. The van der Waals surface area contributed by atoms with Gasteiger partial charge < -0.3 is 14.4 Å². The summed E-state index contributed by atoms with van der Waals surface area (Å²) in [6.07, 6.45) is 6.30. The van der Waals surface area contributed by atoms with Crippen LogP contribution in [-0.2, 0) is 16.1 Å². The molecule has 132 valence electrons. The number of rotatable bonds is 5. The maximum absolute atomic E-state index is 13.1. The maximum Gasteiger partial charge on any atom is 0.225 e. The Morgan fingerprint density at radius 3 is 2.88 bits per heavy atom. The summed E-state index contributed by atoms with van der Waals surface area (Å²) in [5, 5.41) is 0. The van der Waals surface area contributed by atoms with Crippen LogP contribution in [0.1, 0.15) is 18.5 Å². The molecule has 25 heavy (non-hydrogen) atoms. The van der Waals surface area contributed by atoms with Crippen LogP contribution in [0.3, 0.4) is 0 Å². The molecule has 2 fully saturated rings. The largest absolute Gasteiger partial charge is 0.375 e. The molecule has 4 rings (SSSR count). The lowest BCUT2D eigenvalue weighted by Crippen LogP contribution is -2.49. The number of halogens is 1. The third-order valence-corrected chi connectivity index (χ3v) is 4.83. The Morgan fingerprint density at radius 2 is 2.08 bits per heavy atom. The Morgan fingerprint density at radius 1 is 1.20 bits per heavy atom. The topological polar surface area (TPSA) is 60.4 Å². The molecular formula is C18H21FN4O2. The number of nitrogens with zero attached hydrogens (tertiary/aromatic N) is 4. The third-order valence-electron chi connectivity index (χ3n) is 4.83. The Hall–Kier alpha value is -2.12. The first-order valence-electron chi connectivity index (χ1n) is 8.63.